The predicted octanol–water partition coefficient (Wildman–Crippen LogP) is 2.09. The molecule has 0 aromatic rings. The normalized spacial score (nSPS) is 54.9. The van der Waals surface area contributed by atoms with Crippen molar-refractivity contribution in [1.82, 2.24) is 0 Å². The van der Waals surface area contributed by atoms with Crippen LogP contribution in [0, 0.1) is 11.3 Å². The Balaban J connectivity index is 1.92. The lowest BCUT2D eigenvalue weighted by atomic mass is 9.45. The fourth-order valence-electron chi connectivity index (χ4n) is 5.09. The maximum absolute atomic E-state index is 12.6. The van der Waals surface area contributed by atoms with E-state index in [-0.39, 0.29) is 12.3 Å². The van der Waals surface area contributed by atoms with Crippen molar-refractivity contribution < 1.29 is 19.0 Å². The number of hydrogen-bond donors (Lipinski definition) is 2. The quantitative estimate of drug-likeness (QED) is 0.765. The molecular formula is C12H18F2O2. The molecule has 0 aromatic carbocycles. The van der Waals surface area contributed by atoms with Gasteiger partial charge < -0.3 is 10.2 Å². The second-order valence-electron chi connectivity index (χ2n) is 6.55. The highest BCUT2D eigenvalue weighted by molar-refractivity contribution is 5.14. The Kier molecular flexibility index (Phi) is 2.02. The zero-order valence-electron chi connectivity index (χ0n) is 9.25. The first-order valence-electron chi connectivity index (χ1n) is 6.05. The number of rotatable bonds is 2. The molecule has 4 bridgehead atoms. The molecular weight excluding hydrogens is 214 g/mol. The summed E-state index contributed by atoms with van der Waals surface area (Å²) in [7, 11) is 0. The molecule has 0 aromatic heterocycles. The van der Waals surface area contributed by atoms with Gasteiger partial charge in [0.05, 0.1) is 11.2 Å². The highest BCUT2D eigenvalue weighted by Gasteiger charge is 2.62. The van der Waals surface area contributed by atoms with Gasteiger partial charge in [0.1, 0.15) is 0 Å². The second-order valence-corrected chi connectivity index (χ2v) is 6.55. The average Bonchev–Trinajstić information content (AvgIpc) is 1.91. The van der Waals surface area contributed by atoms with Crippen molar-refractivity contribution in [2.75, 3.05) is 0 Å². The van der Waals surface area contributed by atoms with Crippen molar-refractivity contribution in [3.8, 4) is 0 Å². The molecule has 0 heterocycles. The van der Waals surface area contributed by atoms with E-state index in [4.69, 9.17) is 0 Å². The summed E-state index contributed by atoms with van der Waals surface area (Å²) >= 11 is 0. The van der Waals surface area contributed by atoms with E-state index >= 15 is 0 Å². The van der Waals surface area contributed by atoms with Crippen LogP contribution in [0.1, 0.15) is 44.9 Å². The lowest BCUT2D eigenvalue weighted by molar-refractivity contribution is -0.236. The third-order valence-electron chi connectivity index (χ3n) is 4.71. The Morgan fingerprint density at radius 1 is 1.00 bits per heavy atom. The van der Waals surface area contributed by atoms with Crippen LogP contribution < -0.4 is 0 Å². The predicted molar refractivity (Wildman–Crippen MR) is 54.1 cm³/mol. The summed E-state index contributed by atoms with van der Waals surface area (Å²) in [6, 6.07) is 0. The van der Waals surface area contributed by atoms with Crippen molar-refractivity contribution in [3.63, 3.8) is 0 Å². The monoisotopic (exact) mass is 232 g/mol. The topological polar surface area (TPSA) is 40.5 Å². The maximum atomic E-state index is 12.6. The van der Waals surface area contributed by atoms with Gasteiger partial charge in [0.25, 0.3) is 0 Å². The molecule has 4 aliphatic carbocycles. The van der Waals surface area contributed by atoms with E-state index in [0.29, 0.717) is 32.1 Å². The van der Waals surface area contributed by atoms with Crippen molar-refractivity contribution in [2.45, 2.75) is 62.6 Å². The number of alkyl halides is 2. The Morgan fingerprint density at radius 2 is 1.56 bits per heavy atom. The third kappa shape index (κ3) is 1.58. The molecule has 0 aliphatic heterocycles. The van der Waals surface area contributed by atoms with Gasteiger partial charge >= 0.3 is 0 Å². The van der Waals surface area contributed by atoms with Crippen LogP contribution in [-0.4, -0.2) is 27.8 Å². The van der Waals surface area contributed by atoms with Crippen LogP contribution in [0.25, 0.3) is 0 Å². The second kappa shape index (κ2) is 2.96. The van der Waals surface area contributed by atoms with E-state index in [1.165, 1.54) is 0 Å². The van der Waals surface area contributed by atoms with Gasteiger partial charge in [-0.25, -0.2) is 8.78 Å². The summed E-state index contributed by atoms with van der Waals surface area (Å²) in [4.78, 5) is 0. The Morgan fingerprint density at radius 3 is 2.00 bits per heavy atom. The first-order valence-corrected chi connectivity index (χ1v) is 6.05. The fraction of sp³-hybridized carbons (Fsp3) is 1.00. The van der Waals surface area contributed by atoms with Gasteiger partial charge in [-0.15, -0.1) is 0 Å². The molecule has 16 heavy (non-hydrogen) atoms. The summed E-state index contributed by atoms with van der Waals surface area (Å²) in [5, 5.41) is 20.7. The number of aliphatic hydroxyl groups is 2. The van der Waals surface area contributed by atoms with E-state index in [1.807, 2.05) is 0 Å². The lowest BCUT2D eigenvalue weighted by Crippen LogP contribution is -2.63. The van der Waals surface area contributed by atoms with E-state index in [2.05, 4.69) is 0 Å². The molecule has 2 N–H and O–H groups in total. The van der Waals surface area contributed by atoms with Crippen LogP contribution >= 0.6 is 0 Å². The minimum absolute atomic E-state index is 0.159. The van der Waals surface area contributed by atoms with Gasteiger partial charge in [0.2, 0.25) is 6.43 Å². The van der Waals surface area contributed by atoms with Crippen LogP contribution in [-0.2, 0) is 0 Å². The van der Waals surface area contributed by atoms with E-state index in [0.717, 1.165) is 6.42 Å². The van der Waals surface area contributed by atoms with Gasteiger partial charge in [-0.3, -0.25) is 0 Å². The number of halogens is 2. The van der Waals surface area contributed by atoms with Gasteiger partial charge in [-0.1, -0.05) is 0 Å². The molecule has 0 radical (unpaired) electrons. The van der Waals surface area contributed by atoms with E-state index < -0.39 is 23.0 Å². The minimum Gasteiger partial charge on any atom is -0.390 e. The molecule has 4 fully saturated rings. The number of hydrogen-bond acceptors (Lipinski definition) is 2. The van der Waals surface area contributed by atoms with Crippen LogP contribution in [0.5, 0.6) is 0 Å². The minimum atomic E-state index is -2.33. The standard InChI is InChI=1S/C12H18F2O2/c13-9(14)4-10-1-8-2-11(15,5-10)7-12(16,3-8)6-10/h8-9,15-16H,1-7H2. The molecule has 4 heteroatoms. The Labute approximate surface area is 93.7 Å². The van der Waals surface area contributed by atoms with Crippen molar-refractivity contribution in [1.29, 1.82) is 0 Å². The first-order chi connectivity index (χ1) is 7.32. The molecule has 2 unspecified atom stereocenters. The summed E-state index contributed by atoms with van der Waals surface area (Å²) in [5.41, 5.74) is -2.25. The van der Waals surface area contributed by atoms with Crippen molar-refractivity contribution >= 4 is 0 Å². The summed E-state index contributed by atoms with van der Waals surface area (Å²) < 4.78 is 25.3. The van der Waals surface area contributed by atoms with Gasteiger partial charge in [0.15, 0.2) is 0 Å². The average molecular weight is 232 g/mol. The molecule has 0 saturated heterocycles. The van der Waals surface area contributed by atoms with E-state index in [9.17, 15) is 19.0 Å². The third-order valence-corrected chi connectivity index (χ3v) is 4.71. The molecule has 2 nitrogen and oxygen atoms in total. The van der Waals surface area contributed by atoms with Gasteiger partial charge in [0, 0.05) is 12.8 Å². The smallest absolute Gasteiger partial charge is 0.239 e. The lowest BCUT2D eigenvalue weighted by Gasteiger charge is -2.63. The van der Waals surface area contributed by atoms with Gasteiger partial charge in [-0.2, -0.15) is 0 Å². The van der Waals surface area contributed by atoms with Crippen LogP contribution in [0.4, 0.5) is 8.78 Å². The first kappa shape index (κ1) is 10.9. The maximum Gasteiger partial charge on any atom is 0.239 e. The largest absolute Gasteiger partial charge is 0.390 e. The Bertz CT molecular complexity index is 296. The molecule has 0 amide bonds. The highest BCUT2D eigenvalue weighted by Crippen LogP contribution is 2.64. The molecule has 4 aliphatic rings. The molecule has 92 valence electrons. The summed E-state index contributed by atoms with van der Waals surface area (Å²) in [6.07, 6.45) is 0.980. The fourth-order valence-corrected chi connectivity index (χ4v) is 5.09. The van der Waals surface area contributed by atoms with Gasteiger partial charge in [-0.05, 0) is 43.4 Å². The zero-order valence-corrected chi connectivity index (χ0v) is 9.25. The molecule has 0 spiro atoms. The zero-order chi connectivity index (χ0) is 11.6. The molecule has 2 atom stereocenters. The SMILES string of the molecule is OC12CC3CC(O)(C1)CC(CC(F)F)(C3)C2. The van der Waals surface area contributed by atoms with Crippen LogP contribution in [0.2, 0.25) is 0 Å². The molecule has 4 saturated carbocycles. The van der Waals surface area contributed by atoms with Crippen molar-refractivity contribution in [2.24, 2.45) is 11.3 Å². The van der Waals surface area contributed by atoms with Crippen molar-refractivity contribution in [3.05, 3.63) is 0 Å². The van der Waals surface area contributed by atoms with Crippen LogP contribution in [0.3, 0.4) is 0 Å². The summed E-state index contributed by atoms with van der Waals surface area (Å²) in [5.74, 6) is 0.241. The molecule has 4 rings (SSSR count). The summed E-state index contributed by atoms with van der Waals surface area (Å²) in [6.45, 7) is 0. The van der Waals surface area contributed by atoms with E-state index in [1.54, 1.807) is 0 Å². The Hall–Kier alpha value is -0.220. The highest BCUT2D eigenvalue weighted by atomic mass is 19.3. The van der Waals surface area contributed by atoms with Crippen LogP contribution in [0.15, 0.2) is 0 Å².